The van der Waals surface area contributed by atoms with Gasteiger partial charge in [0.25, 0.3) is 5.91 Å². The number of rotatable bonds is 6. The monoisotopic (exact) mass is 298 g/mol. The minimum Gasteiger partial charge on any atom is -0.468 e. The van der Waals surface area contributed by atoms with Crippen molar-refractivity contribution in [1.82, 2.24) is 9.80 Å². The quantitative estimate of drug-likeness (QED) is 0.730. The largest absolute Gasteiger partial charge is 0.468 e. The molecule has 0 saturated heterocycles. The average molecular weight is 298 g/mol. The van der Waals surface area contributed by atoms with Crippen LogP contribution in [0, 0.1) is 0 Å². The summed E-state index contributed by atoms with van der Waals surface area (Å²) in [6, 6.07) is 3.49. The number of carbonyl (C=O) groups excluding carboxylic acids is 3. The van der Waals surface area contributed by atoms with Crippen molar-refractivity contribution in [3.05, 3.63) is 22.4 Å². The third-order valence-corrected chi connectivity index (χ3v) is 3.59. The number of ether oxygens (including phenoxy) is 1. The summed E-state index contributed by atoms with van der Waals surface area (Å²) in [7, 11) is 2.83. The Morgan fingerprint density at radius 2 is 2.00 bits per heavy atom. The van der Waals surface area contributed by atoms with Crippen molar-refractivity contribution in [2.24, 2.45) is 0 Å². The van der Waals surface area contributed by atoms with E-state index < -0.39 is 5.97 Å². The molecule has 0 saturated carbocycles. The van der Waals surface area contributed by atoms with Crippen molar-refractivity contribution in [3.63, 3.8) is 0 Å². The maximum absolute atomic E-state index is 12.0. The summed E-state index contributed by atoms with van der Waals surface area (Å²) in [5.74, 6) is -0.972. The lowest BCUT2D eigenvalue weighted by Crippen LogP contribution is -2.43. The van der Waals surface area contributed by atoms with E-state index in [0.29, 0.717) is 11.4 Å². The number of carbonyl (C=O) groups is 3. The molecule has 1 rings (SSSR count). The van der Waals surface area contributed by atoms with Gasteiger partial charge in [-0.05, 0) is 18.4 Å². The highest BCUT2D eigenvalue weighted by Crippen LogP contribution is 2.11. The Morgan fingerprint density at radius 1 is 1.30 bits per heavy atom. The molecule has 0 aliphatic heterocycles. The predicted octanol–water partition coefficient (Wildman–Crippen LogP) is 0.842. The maximum atomic E-state index is 12.0. The van der Waals surface area contributed by atoms with E-state index in [1.165, 1.54) is 28.2 Å². The first-order valence-corrected chi connectivity index (χ1v) is 7.01. The summed E-state index contributed by atoms with van der Waals surface area (Å²) in [5.41, 5.74) is 0. The van der Waals surface area contributed by atoms with Gasteiger partial charge in [-0.15, -0.1) is 11.3 Å². The van der Waals surface area contributed by atoms with Crippen molar-refractivity contribution in [3.8, 4) is 0 Å². The Balaban J connectivity index is 2.59. The molecular formula is C13H18N2O4S. The van der Waals surface area contributed by atoms with Crippen LogP contribution in [-0.4, -0.2) is 61.4 Å². The molecule has 110 valence electrons. The fourth-order valence-corrected chi connectivity index (χ4v) is 2.28. The van der Waals surface area contributed by atoms with Gasteiger partial charge in [-0.3, -0.25) is 14.4 Å². The van der Waals surface area contributed by atoms with Crippen molar-refractivity contribution in [2.45, 2.75) is 6.92 Å². The summed E-state index contributed by atoms with van der Waals surface area (Å²) in [6.07, 6.45) is 0. The number of esters is 1. The molecule has 1 aromatic rings. The molecule has 0 unspecified atom stereocenters. The third kappa shape index (κ3) is 4.34. The average Bonchev–Trinajstić information content (AvgIpc) is 2.97. The molecule has 0 aliphatic rings. The van der Waals surface area contributed by atoms with Crippen LogP contribution in [0.25, 0.3) is 0 Å². The van der Waals surface area contributed by atoms with Crippen LogP contribution in [0.2, 0.25) is 0 Å². The van der Waals surface area contributed by atoms with Gasteiger partial charge in [-0.1, -0.05) is 6.07 Å². The van der Waals surface area contributed by atoms with Crippen LogP contribution in [0.15, 0.2) is 17.5 Å². The number of hydrogen-bond donors (Lipinski definition) is 0. The van der Waals surface area contributed by atoms with E-state index in [1.54, 1.807) is 31.5 Å². The molecule has 20 heavy (non-hydrogen) atoms. The molecular weight excluding hydrogens is 280 g/mol. The van der Waals surface area contributed by atoms with Gasteiger partial charge < -0.3 is 14.5 Å². The van der Waals surface area contributed by atoms with Gasteiger partial charge in [0.05, 0.1) is 18.5 Å². The highest BCUT2D eigenvalue weighted by Gasteiger charge is 2.20. The van der Waals surface area contributed by atoms with Crippen LogP contribution in [0.1, 0.15) is 16.6 Å². The second-order valence-electron chi connectivity index (χ2n) is 4.12. The molecule has 1 aromatic heterocycles. The molecule has 0 N–H and O–H groups in total. The Kier molecular flexibility index (Phi) is 6.17. The molecule has 0 radical (unpaired) electrons. The molecule has 2 amide bonds. The Hall–Kier alpha value is -1.89. The summed E-state index contributed by atoms with van der Waals surface area (Å²) in [6.45, 7) is 1.98. The normalized spacial score (nSPS) is 9.95. The van der Waals surface area contributed by atoms with Crippen molar-refractivity contribution in [2.75, 3.05) is 33.8 Å². The standard InChI is InChI=1S/C13H18N2O4S/c1-4-15(9-12(17)19-3)11(16)8-14(2)13(18)10-6-5-7-20-10/h5-7H,4,8-9H2,1-3H3. The van der Waals surface area contributed by atoms with Gasteiger partial charge >= 0.3 is 5.97 Å². The van der Waals surface area contributed by atoms with E-state index in [0.717, 1.165) is 0 Å². The zero-order valence-corrected chi connectivity index (χ0v) is 12.6. The minimum absolute atomic E-state index is 0.0679. The summed E-state index contributed by atoms with van der Waals surface area (Å²) < 4.78 is 4.53. The maximum Gasteiger partial charge on any atom is 0.325 e. The van der Waals surface area contributed by atoms with Crippen LogP contribution in [0.3, 0.4) is 0 Å². The number of likely N-dealkylation sites (N-methyl/N-ethyl adjacent to an activating group) is 2. The van der Waals surface area contributed by atoms with Crippen LogP contribution in [0.4, 0.5) is 0 Å². The van der Waals surface area contributed by atoms with Gasteiger partial charge in [-0.25, -0.2) is 0 Å². The summed E-state index contributed by atoms with van der Waals surface area (Å²) in [4.78, 5) is 38.5. The van der Waals surface area contributed by atoms with Crippen molar-refractivity contribution >= 4 is 29.1 Å². The number of thiophene rings is 1. The van der Waals surface area contributed by atoms with Crippen molar-refractivity contribution < 1.29 is 19.1 Å². The highest BCUT2D eigenvalue weighted by molar-refractivity contribution is 7.12. The van der Waals surface area contributed by atoms with E-state index in [9.17, 15) is 14.4 Å². The smallest absolute Gasteiger partial charge is 0.325 e. The first kappa shape index (κ1) is 16.2. The summed E-state index contributed by atoms with van der Waals surface area (Å²) in [5, 5.41) is 1.80. The van der Waals surface area contributed by atoms with Crippen LogP contribution in [0.5, 0.6) is 0 Å². The lowest BCUT2D eigenvalue weighted by atomic mass is 10.3. The van der Waals surface area contributed by atoms with Gasteiger partial charge in [0.2, 0.25) is 5.91 Å². The second kappa shape index (κ2) is 7.64. The van der Waals surface area contributed by atoms with Crippen LogP contribution in [-0.2, 0) is 14.3 Å². The second-order valence-corrected chi connectivity index (χ2v) is 5.07. The topological polar surface area (TPSA) is 66.9 Å². The van der Waals surface area contributed by atoms with E-state index >= 15 is 0 Å². The molecule has 0 aromatic carbocycles. The summed E-state index contributed by atoms with van der Waals surface area (Å²) >= 11 is 1.32. The number of methoxy groups -OCH3 is 1. The van der Waals surface area contributed by atoms with Crippen LogP contribution >= 0.6 is 11.3 Å². The van der Waals surface area contributed by atoms with E-state index in [4.69, 9.17) is 0 Å². The first-order valence-electron chi connectivity index (χ1n) is 6.13. The van der Waals surface area contributed by atoms with Gasteiger partial charge in [0, 0.05) is 13.6 Å². The fraction of sp³-hybridized carbons (Fsp3) is 0.462. The van der Waals surface area contributed by atoms with Gasteiger partial charge in [0.15, 0.2) is 0 Å². The predicted molar refractivity (Wildman–Crippen MR) is 75.5 cm³/mol. The third-order valence-electron chi connectivity index (χ3n) is 2.73. The van der Waals surface area contributed by atoms with E-state index in [1.807, 2.05) is 0 Å². The number of hydrogen-bond acceptors (Lipinski definition) is 5. The molecule has 0 spiro atoms. The minimum atomic E-state index is -0.479. The lowest BCUT2D eigenvalue weighted by Gasteiger charge is -2.23. The number of amides is 2. The molecule has 1 heterocycles. The van der Waals surface area contributed by atoms with E-state index in [2.05, 4.69) is 4.74 Å². The van der Waals surface area contributed by atoms with Gasteiger partial charge in [-0.2, -0.15) is 0 Å². The zero-order valence-electron chi connectivity index (χ0n) is 11.8. The van der Waals surface area contributed by atoms with Crippen molar-refractivity contribution in [1.29, 1.82) is 0 Å². The van der Waals surface area contributed by atoms with E-state index in [-0.39, 0.29) is 24.9 Å². The lowest BCUT2D eigenvalue weighted by molar-refractivity contribution is -0.147. The molecule has 0 atom stereocenters. The molecule has 6 nitrogen and oxygen atoms in total. The fourth-order valence-electron chi connectivity index (χ4n) is 1.56. The Morgan fingerprint density at radius 3 is 2.50 bits per heavy atom. The molecule has 0 aliphatic carbocycles. The van der Waals surface area contributed by atoms with Crippen LogP contribution < -0.4 is 0 Å². The SMILES string of the molecule is CCN(CC(=O)OC)C(=O)CN(C)C(=O)c1cccs1. The first-order chi connectivity index (χ1) is 9.49. The molecule has 0 bridgehead atoms. The zero-order chi connectivity index (χ0) is 15.1. The molecule has 7 heteroatoms. The molecule has 0 fully saturated rings. The highest BCUT2D eigenvalue weighted by atomic mass is 32.1. The number of nitrogens with zero attached hydrogens (tertiary/aromatic N) is 2. The Bertz CT molecular complexity index is 473. The Labute approximate surface area is 121 Å². The van der Waals surface area contributed by atoms with Gasteiger partial charge in [0.1, 0.15) is 6.54 Å².